The van der Waals surface area contributed by atoms with Crippen molar-refractivity contribution in [3.05, 3.63) is 45.5 Å². The summed E-state index contributed by atoms with van der Waals surface area (Å²) >= 11 is 0. The molecule has 1 aliphatic rings. The number of hydrogen-bond donors (Lipinski definition) is 1. The molecule has 1 atom stereocenters. The van der Waals surface area contributed by atoms with Crippen LogP contribution in [0.1, 0.15) is 26.3 Å². The van der Waals surface area contributed by atoms with E-state index in [1.807, 2.05) is 0 Å². The van der Waals surface area contributed by atoms with Crippen molar-refractivity contribution in [3.8, 4) is 0 Å². The fraction of sp³-hybridized carbons (Fsp3) is 0.333. The van der Waals surface area contributed by atoms with Gasteiger partial charge in [0.25, 0.3) is 5.69 Å². The number of aliphatic imine (C=N–C) groups is 1. The van der Waals surface area contributed by atoms with E-state index in [0.29, 0.717) is 17.0 Å². The Kier molecular flexibility index (Phi) is 4.55. The van der Waals surface area contributed by atoms with E-state index in [1.165, 1.54) is 6.07 Å². The first-order chi connectivity index (χ1) is 10.5. The summed E-state index contributed by atoms with van der Waals surface area (Å²) in [5, 5.41) is 14.3. The fourth-order valence-electron chi connectivity index (χ4n) is 2.36. The molecule has 0 fully saturated rings. The Balaban J connectivity index is 2.66. The van der Waals surface area contributed by atoms with Crippen molar-refractivity contribution in [2.45, 2.75) is 26.9 Å². The SMILES string of the molecule is CCOC(=O)C1=C(c2ccccc2[N+](=O)[O-])NC(C)N=C1C. The van der Waals surface area contributed by atoms with Crippen LogP contribution in [0.4, 0.5) is 5.69 Å². The number of esters is 1. The zero-order valence-electron chi connectivity index (χ0n) is 12.6. The first kappa shape index (κ1) is 15.7. The number of nitro benzene ring substituents is 1. The lowest BCUT2D eigenvalue weighted by Crippen LogP contribution is -2.33. The van der Waals surface area contributed by atoms with Crippen molar-refractivity contribution >= 4 is 23.1 Å². The van der Waals surface area contributed by atoms with Gasteiger partial charge in [-0.25, -0.2) is 4.79 Å². The quantitative estimate of drug-likeness (QED) is 0.523. The van der Waals surface area contributed by atoms with E-state index < -0.39 is 10.9 Å². The maximum atomic E-state index is 12.2. The molecule has 0 saturated heterocycles. The highest BCUT2D eigenvalue weighted by atomic mass is 16.6. The van der Waals surface area contributed by atoms with Crippen LogP contribution in [0.5, 0.6) is 0 Å². The molecule has 1 N–H and O–H groups in total. The molecule has 2 rings (SSSR count). The van der Waals surface area contributed by atoms with E-state index in [4.69, 9.17) is 4.74 Å². The summed E-state index contributed by atoms with van der Waals surface area (Å²) in [5.74, 6) is -0.545. The third kappa shape index (κ3) is 2.98. The molecule has 0 bridgehead atoms. The Bertz CT molecular complexity index is 679. The topological polar surface area (TPSA) is 93.8 Å². The number of nitrogens with zero attached hydrogens (tertiary/aromatic N) is 2. The molecule has 0 aliphatic carbocycles. The smallest absolute Gasteiger partial charge is 0.342 e. The molecule has 1 unspecified atom stereocenters. The lowest BCUT2D eigenvalue weighted by molar-refractivity contribution is -0.385. The molecule has 0 amide bonds. The van der Waals surface area contributed by atoms with E-state index in [9.17, 15) is 14.9 Å². The molecule has 0 aromatic heterocycles. The lowest BCUT2D eigenvalue weighted by Gasteiger charge is -2.24. The minimum atomic E-state index is -0.545. The van der Waals surface area contributed by atoms with Crippen molar-refractivity contribution in [1.29, 1.82) is 0 Å². The maximum absolute atomic E-state index is 12.2. The van der Waals surface area contributed by atoms with Crippen molar-refractivity contribution in [2.75, 3.05) is 6.61 Å². The maximum Gasteiger partial charge on any atom is 0.342 e. The van der Waals surface area contributed by atoms with Crippen LogP contribution in [0.2, 0.25) is 0 Å². The van der Waals surface area contributed by atoms with Crippen LogP contribution in [-0.2, 0) is 9.53 Å². The second-order valence-corrected chi connectivity index (χ2v) is 4.78. The molecule has 7 nitrogen and oxygen atoms in total. The molecular weight excluding hydrogens is 286 g/mol. The van der Waals surface area contributed by atoms with Gasteiger partial charge < -0.3 is 10.1 Å². The van der Waals surface area contributed by atoms with Crippen molar-refractivity contribution in [1.82, 2.24) is 5.32 Å². The average Bonchev–Trinajstić information content (AvgIpc) is 2.46. The van der Waals surface area contributed by atoms with Gasteiger partial charge in [0, 0.05) is 6.07 Å². The standard InChI is InChI=1S/C15H17N3O4/c1-4-22-15(19)13-9(2)16-10(3)17-14(13)11-7-5-6-8-12(11)18(20)21/h5-8,10,17H,4H2,1-3H3. The molecule has 1 aliphatic heterocycles. The van der Waals surface area contributed by atoms with Gasteiger partial charge in [0.1, 0.15) is 11.7 Å². The summed E-state index contributed by atoms with van der Waals surface area (Å²) in [4.78, 5) is 27.3. The van der Waals surface area contributed by atoms with Gasteiger partial charge in [0.05, 0.1) is 28.5 Å². The minimum Gasteiger partial charge on any atom is -0.462 e. The van der Waals surface area contributed by atoms with Crippen LogP contribution in [0.15, 0.2) is 34.8 Å². The normalized spacial score (nSPS) is 17.6. The molecule has 1 aromatic rings. The number of benzene rings is 1. The van der Waals surface area contributed by atoms with Gasteiger partial charge in [-0.15, -0.1) is 0 Å². The van der Waals surface area contributed by atoms with E-state index in [-0.39, 0.29) is 24.0 Å². The summed E-state index contributed by atoms with van der Waals surface area (Å²) in [7, 11) is 0. The number of nitrogens with one attached hydrogen (secondary N) is 1. The third-order valence-corrected chi connectivity index (χ3v) is 3.20. The Morgan fingerprint density at radius 1 is 1.45 bits per heavy atom. The zero-order valence-corrected chi connectivity index (χ0v) is 12.6. The van der Waals surface area contributed by atoms with Gasteiger partial charge >= 0.3 is 5.97 Å². The number of hydrogen-bond acceptors (Lipinski definition) is 6. The average molecular weight is 303 g/mol. The first-order valence-corrected chi connectivity index (χ1v) is 6.92. The number of rotatable bonds is 4. The van der Waals surface area contributed by atoms with E-state index in [2.05, 4.69) is 10.3 Å². The highest BCUT2D eigenvalue weighted by Gasteiger charge is 2.29. The van der Waals surface area contributed by atoms with Crippen molar-refractivity contribution in [3.63, 3.8) is 0 Å². The second-order valence-electron chi connectivity index (χ2n) is 4.78. The van der Waals surface area contributed by atoms with Crippen molar-refractivity contribution < 1.29 is 14.5 Å². The van der Waals surface area contributed by atoms with Gasteiger partial charge in [-0.05, 0) is 26.8 Å². The number of para-hydroxylation sites is 1. The van der Waals surface area contributed by atoms with Gasteiger partial charge in [-0.2, -0.15) is 0 Å². The second kappa shape index (κ2) is 6.38. The van der Waals surface area contributed by atoms with Gasteiger partial charge in [0.15, 0.2) is 0 Å². The van der Waals surface area contributed by atoms with E-state index in [0.717, 1.165) is 0 Å². The molecule has 0 spiro atoms. The first-order valence-electron chi connectivity index (χ1n) is 6.92. The summed E-state index contributed by atoms with van der Waals surface area (Å²) in [6, 6.07) is 6.27. The van der Waals surface area contributed by atoms with E-state index in [1.54, 1.807) is 39.0 Å². The molecular formula is C15H17N3O4. The lowest BCUT2D eigenvalue weighted by atomic mass is 9.99. The van der Waals surface area contributed by atoms with Gasteiger partial charge in [-0.1, -0.05) is 12.1 Å². The van der Waals surface area contributed by atoms with Crippen LogP contribution in [-0.4, -0.2) is 29.4 Å². The summed E-state index contributed by atoms with van der Waals surface area (Å²) in [6.45, 7) is 5.42. The van der Waals surface area contributed by atoms with Crippen LogP contribution >= 0.6 is 0 Å². The highest BCUT2D eigenvalue weighted by Crippen LogP contribution is 2.29. The Morgan fingerprint density at radius 2 is 2.14 bits per heavy atom. The predicted molar refractivity (Wildman–Crippen MR) is 82.4 cm³/mol. The fourth-order valence-corrected chi connectivity index (χ4v) is 2.36. The van der Waals surface area contributed by atoms with Crippen LogP contribution < -0.4 is 5.32 Å². The number of carbonyl (C=O) groups is 1. The van der Waals surface area contributed by atoms with Crippen LogP contribution in [0, 0.1) is 10.1 Å². The molecule has 0 saturated carbocycles. The van der Waals surface area contributed by atoms with Crippen LogP contribution in [0.25, 0.3) is 5.70 Å². The Labute approximate surface area is 127 Å². The number of ether oxygens (including phenoxy) is 1. The largest absolute Gasteiger partial charge is 0.462 e. The van der Waals surface area contributed by atoms with E-state index >= 15 is 0 Å². The van der Waals surface area contributed by atoms with Crippen LogP contribution in [0.3, 0.4) is 0 Å². The Hall–Kier alpha value is -2.70. The molecule has 1 heterocycles. The molecule has 7 heteroatoms. The van der Waals surface area contributed by atoms with Gasteiger partial charge in [-0.3, -0.25) is 15.1 Å². The molecule has 1 aromatic carbocycles. The van der Waals surface area contributed by atoms with Gasteiger partial charge in [0.2, 0.25) is 0 Å². The molecule has 116 valence electrons. The number of nitro groups is 1. The van der Waals surface area contributed by atoms with Crippen molar-refractivity contribution in [2.24, 2.45) is 4.99 Å². The zero-order chi connectivity index (χ0) is 16.3. The third-order valence-electron chi connectivity index (χ3n) is 3.20. The predicted octanol–water partition coefficient (Wildman–Crippen LogP) is 2.28. The minimum absolute atomic E-state index is 0.0753. The summed E-state index contributed by atoms with van der Waals surface area (Å²) in [6.07, 6.45) is -0.284. The highest BCUT2D eigenvalue weighted by molar-refractivity contribution is 6.24. The molecule has 0 radical (unpaired) electrons. The number of carbonyl (C=O) groups excluding carboxylic acids is 1. The molecule has 22 heavy (non-hydrogen) atoms. The summed E-state index contributed by atoms with van der Waals surface area (Å²) in [5.41, 5.74) is 1.38. The monoisotopic (exact) mass is 303 g/mol. The summed E-state index contributed by atoms with van der Waals surface area (Å²) < 4.78 is 5.05. The Morgan fingerprint density at radius 3 is 2.77 bits per heavy atom.